The predicted molar refractivity (Wildman–Crippen MR) is 143 cm³/mol. The summed E-state index contributed by atoms with van der Waals surface area (Å²) in [5, 5.41) is 8.14. The second-order valence-corrected chi connectivity index (χ2v) is 9.44. The van der Waals surface area contributed by atoms with Gasteiger partial charge < -0.3 is 14.0 Å². The van der Waals surface area contributed by atoms with Crippen molar-refractivity contribution in [2.24, 2.45) is 0 Å². The van der Waals surface area contributed by atoms with Crippen molar-refractivity contribution in [2.75, 3.05) is 7.11 Å². The number of nitrogens with zero attached hydrogens (tertiary/aromatic N) is 4. The monoisotopic (exact) mass is 549 g/mol. The molecular weight excluding hydrogens is 523 g/mol. The molecule has 0 unspecified atom stereocenters. The minimum absolute atomic E-state index is 0.00105. The van der Waals surface area contributed by atoms with Crippen LogP contribution in [0.25, 0.3) is 22.2 Å². The lowest BCUT2D eigenvalue weighted by molar-refractivity contribution is -0.138. The predicted octanol–water partition coefficient (Wildman–Crippen LogP) is 5.76. The van der Waals surface area contributed by atoms with Gasteiger partial charge in [0, 0.05) is 40.8 Å². The normalized spacial score (nSPS) is 11.7. The maximum absolute atomic E-state index is 13.3. The molecule has 0 bridgehead atoms. The van der Waals surface area contributed by atoms with Gasteiger partial charge in [0.05, 0.1) is 36.1 Å². The van der Waals surface area contributed by atoms with Crippen molar-refractivity contribution in [3.8, 4) is 22.8 Å². The maximum atomic E-state index is 13.3. The minimum atomic E-state index is -4.76. The molecule has 0 fully saturated rings. The second kappa shape index (κ2) is 10.5. The highest BCUT2D eigenvalue weighted by Crippen LogP contribution is 2.33. The highest BCUT2D eigenvalue weighted by atomic mass is 19.4. The van der Waals surface area contributed by atoms with Crippen molar-refractivity contribution in [1.29, 1.82) is 0 Å². The van der Waals surface area contributed by atoms with Crippen LogP contribution in [-0.2, 0) is 19.3 Å². The Labute approximate surface area is 227 Å². The molecule has 4 heterocycles. The zero-order valence-electron chi connectivity index (χ0n) is 22.3. The van der Waals surface area contributed by atoms with E-state index in [2.05, 4.69) is 20.2 Å². The van der Waals surface area contributed by atoms with E-state index in [0.29, 0.717) is 28.5 Å². The second-order valence-electron chi connectivity index (χ2n) is 9.44. The highest BCUT2D eigenvalue weighted by molar-refractivity contribution is 5.95. The molecule has 0 aliphatic rings. The fourth-order valence-corrected chi connectivity index (χ4v) is 4.64. The number of rotatable bonds is 7. The van der Waals surface area contributed by atoms with Gasteiger partial charge in [0.1, 0.15) is 23.7 Å². The Kier molecular flexibility index (Phi) is 7.05. The number of methoxy groups -OCH3 is 1. The van der Waals surface area contributed by atoms with E-state index >= 15 is 0 Å². The molecule has 4 aromatic heterocycles. The molecule has 8 nitrogen and oxygen atoms in total. The van der Waals surface area contributed by atoms with Crippen molar-refractivity contribution in [1.82, 2.24) is 24.7 Å². The van der Waals surface area contributed by atoms with Crippen LogP contribution in [0.5, 0.6) is 11.5 Å². The smallest absolute Gasteiger partial charge is 0.421 e. The average Bonchev–Trinajstić information content (AvgIpc) is 3.33. The van der Waals surface area contributed by atoms with E-state index in [1.54, 1.807) is 19.1 Å². The van der Waals surface area contributed by atoms with E-state index in [1.807, 2.05) is 38.2 Å². The SMILES string of the molecule is COc1cc(C)nc(Cn2cccc(C(F)(F)F)c2=O)c1COc1ccc2nc(C)cc(-c3n[nH]cc3C)c2c1. The Morgan fingerprint density at radius 3 is 2.50 bits per heavy atom. The standard InChI is InChI=1S/C29H26F3N5O3/c1-16-13-33-36-27(16)21-10-17(2)34-24-8-7-19(12-20(21)24)40-15-22-25(35-18(3)11-26(22)39-4)14-37-9-5-6-23(28(37)38)29(30,31)32/h5-13H,14-15H2,1-4H3,(H,33,36). The Balaban J connectivity index is 1.51. The van der Waals surface area contributed by atoms with Crippen molar-refractivity contribution in [3.05, 3.63) is 99.0 Å². The number of aromatic amines is 1. The number of nitrogens with one attached hydrogen (secondary N) is 1. The van der Waals surface area contributed by atoms with Crippen LogP contribution in [0, 0.1) is 20.8 Å². The van der Waals surface area contributed by atoms with Crippen LogP contribution in [0.2, 0.25) is 0 Å². The van der Waals surface area contributed by atoms with Gasteiger partial charge in [0.2, 0.25) is 0 Å². The third-order valence-corrected chi connectivity index (χ3v) is 6.54. The first-order valence-corrected chi connectivity index (χ1v) is 12.4. The molecule has 0 atom stereocenters. The number of hydrogen-bond donors (Lipinski definition) is 1. The van der Waals surface area contributed by atoms with Gasteiger partial charge in [-0.05, 0) is 62.7 Å². The van der Waals surface area contributed by atoms with Crippen molar-refractivity contribution < 1.29 is 22.6 Å². The van der Waals surface area contributed by atoms with Gasteiger partial charge in [-0.3, -0.25) is 19.9 Å². The molecule has 11 heteroatoms. The minimum Gasteiger partial charge on any atom is -0.496 e. The van der Waals surface area contributed by atoms with Crippen LogP contribution in [0.3, 0.4) is 0 Å². The van der Waals surface area contributed by atoms with Gasteiger partial charge in [-0.2, -0.15) is 18.3 Å². The first-order chi connectivity index (χ1) is 19.0. The summed E-state index contributed by atoms with van der Waals surface area (Å²) in [6.07, 6.45) is -1.64. The van der Waals surface area contributed by atoms with E-state index in [0.717, 1.165) is 44.1 Å². The third kappa shape index (κ3) is 5.27. The molecule has 1 N–H and O–H groups in total. The molecule has 206 valence electrons. The number of fused-ring (bicyclic) bond motifs is 1. The van der Waals surface area contributed by atoms with Gasteiger partial charge in [-0.1, -0.05) is 0 Å². The summed E-state index contributed by atoms with van der Waals surface area (Å²) in [4.78, 5) is 21.7. The Morgan fingerprint density at radius 1 is 1.02 bits per heavy atom. The van der Waals surface area contributed by atoms with Crippen LogP contribution in [0.15, 0.2) is 59.7 Å². The Hall–Kier alpha value is -4.67. The van der Waals surface area contributed by atoms with E-state index < -0.39 is 17.3 Å². The fourth-order valence-electron chi connectivity index (χ4n) is 4.64. The summed E-state index contributed by atoms with van der Waals surface area (Å²) in [6.45, 7) is 5.43. The number of aromatic nitrogens is 5. The van der Waals surface area contributed by atoms with Crippen LogP contribution in [-0.4, -0.2) is 31.8 Å². The average molecular weight is 550 g/mol. The van der Waals surface area contributed by atoms with Crippen molar-refractivity contribution >= 4 is 10.9 Å². The number of ether oxygens (including phenoxy) is 2. The molecule has 0 saturated carbocycles. The molecule has 0 amide bonds. The lowest BCUT2D eigenvalue weighted by Gasteiger charge is -2.17. The third-order valence-electron chi connectivity index (χ3n) is 6.54. The number of pyridine rings is 3. The Bertz CT molecular complexity index is 1780. The van der Waals surface area contributed by atoms with Crippen molar-refractivity contribution in [3.63, 3.8) is 0 Å². The number of aryl methyl sites for hydroxylation is 3. The van der Waals surface area contributed by atoms with Gasteiger partial charge in [0.15, 0.2) is 0 Å². The molecule has 40 heavy (non-hydrogen) atoms. The van der Waals surface area contributed by atoms with Crippen LogP contribution in [0.1, 0.15) is 33.8 Å². The van der Waals surface area contributed by atoms with Gasteiger partial charge >= 0.3 is 6.18 Å². The summed E-state index contributed by atoms with van der Waals surface area (Å²) < 4.78 is 52.7. The summed E-state index contributed by atoms with van der Waals surface area (Å²) in [6, 6.07) is 11.2. The van der Waals surface area contributed by atoms with Crippen LogP contribution in [0.4, 0.5) is 13.2 Å². The van der Waals surface area contributed by atoms with E-state index in [9.17, 15) is 18.0 Å². The van der Waals surface area contributed by atoms with Crippen LogP contribution >= 0.6 is 0 Å². The van der Waals surface area contributed by atoms with E-state index in [-0.39, 0.29) is 13.2 Å². The summed E-state index contributed by atoms with van der Waals surface area (Å²) in [7, 11) is 1.49. The lowest BCUT2D eigenvalue weighted by Crippen LogP contribution is -2.29. The zero-order valence-corrected chi connectivity index (χ0v) is 22.3. The molecule has 0 radical (unpaired) electrons. The number of hydrogen-bond acceptors (Lipinski definition) is 6. The summed E-state index contributed by atoms with van der Waals surface area (Å²) in [5.41, 5.74) is 3.42. The van der Waals surface area contributed by atoms with Gasteiger partial charge in [0.25, 0.3) is 5.56 Å². The van der Waals surface area contributed by atoms with Gasteiger partial charge in [-0.25, -0.2) is 0 Å². The van der Waals surface area contributed by atoms with E-state index in [1.165, 1.54) is 19.4 Å². The summed E-state index contributed by atoms with van der Waals surface area (Å²) >= 11 is 0. The highest BCUT2D eigenvalue weighted by Gasteiger charge is 2.34. The maximum Gasteiger partial charge on any atom is 0.421 e. The fraction of sp³-hybridized carbons (Fsp3) is 0.241. The molecule has 0 saturated heterocycles. The Morgan fingerprint density at radius 2 is 1.80 bits per heavy atom. The van der Waals surface area contributed by atoms with Crippen LogP contribution < -0.4 is 15.0 Å². The first-order valence-electron chi connectivity index (χ1n) is 12.4. The number of halogens is 3. The zero-order chi connectivity index (χ0) is 28.6. The number of alkyl halides is 3. The molecule has 0 spiro atoms. The quantitative estimate of drug-likeness (QED) is 0.277. The van der Waals surface area contributed by atoms with Crippen molar-refractivity contribution in [2.45, 2.75) is 40.1 Å². The van der Waals surface area contributed by atoms with E-state index in [4.69, 9.17) is 9.47 Å². The molecule has 0 aliphatic carbocycles. The summed E-state index contributed by atoms with van der Waals surface area (Å²) in [5.74, 6) is 0.992. The molecule has 5 aromatic rings. The molecule has 0 aliphatic heterocycles. The molecular formula is C29H26F3N5O3. The molecule has 5 rings (SSSR count). The van der Waals surface area contributed by atoms with Gasteiger partial charge in [-0.15, -0.1) is 0 Å². The largest absolute Gasteiger partial charge is 0.496 e. The lowest BCUT2D eigenvalue weighted by atomic mass is 10.0. The number of benzene rings is 1. The topological polar surface area (TPSA) is 94.9 Å². The molecule has 1 aromatic carbocycles. The number of H-pyrrole nitrogens is 1. The first kappa shape index (κ1) is 26.9.